The molecule has 3 aromatic heterocycles. The molecule has 0 saturated carbocycles. The molecule has 0 radical (unpaired) electrons. The molecular weight excluding hydrogens is 538 g/mol. The maximum absolute atomic E-state index is 13.3. The zero-order valence-electron chi connectivity index (χ0n) is 20.8. The first-order valence-corrected chi connectivity index (χ1v) is 11.7. The highest BCUT2D eigenvalue weighted by Crippen LogP contribution is 2.32. The second kappa shape index (κ2) is 10.4. The van der Waals surface area contributed by atoms with Crippen molar-refractivity contribution in [3.8, 4) is 0 Å². The minimum absolute atomic E-state index is 0.00173. The summed E-state index contributed by atoms with van der Waals surface area (Å²) >= 11 is 0. The molecule has 1 aliphatic heterocycles. The molecule has 0 spiro atoms. The summed E-state index contributed by atoms with van der Waals surface area (Å²) in [7, 11) is 0. The van der Waals surface area contributed by atoms with E-state index in [0.29, 0.717) is 6.54 Å². The number of alkyl halides is 6. The van der Waals surface area contributed by atoms with Crippen LogP contribution in [-0.4, -0.2) is 79.1 Å². The number of halogens is 6. The molecule has 0 aromatic carbocycles. The van der Waals surface area contributed by atoms with Crippen LogP contribution in [0.1, 0.15) is 31.5 Å². The fourth-order valence-electron chi connectivity index (χ4n) is 4.32. The molecular formula is C22H24F6N8O3. The molecule has 3 aromatic rings. The molecule has 212 valence electrons. The summed E-state index contributed by atoms with van der Waals surface area (Å²) in [5.41, 5.74) is -4.05. The summed E-state index contributed by atoms with van der Waals surface area (Å²) in [6.07, 6.45) is -6.87. The predicted octanol–water partition coefficient (Wildman–Crippen LogP) is 2.48. The summed E-state index contributed by atoms with van der Waals surface area (Å²) in [6, 6.07) is 0. The number of H-pyrrole nitrogens is 1. The second-order valence-corrected chi connectivity index (χ2v) is 9.44. The number of ether oxygens (including phenoxy) is 1. The number of carbonyl (C=O) groups excluding carboxylic acids is 1. The van der Waals surface area contributed by atoms with Crippen LogP contribution in [0, 0.1) is 0 Å². The van der Waals surface area contributed by atoms with Crippen molar-refractivity contribution in [2.75, 3.05) is 37.7 Å². The maximum Gasteiger partial charge on any atom is 0.435 e. The Hall–Kier alpha value is -3.76. The zero-order valence-corrected chi connectivity index (χ0v) is 20.8. The van der Waals surface area contributed by atoms with Crippen LogP contribution in [0.15, 0.2) is 23.4 Å². The van der Waals surface area contributed by atoms with E-state index < -0.39 is 40.1 Å². The molecule has 0 unspecified atom stereocenters. The molecule has 4 heterocycles. The molecule has 1 N–H and O–H groups in total. The van der Waals surface area contributed by atoms with Crippen LogP contribution < -0.4 is 10.5 Å². The van der Waals surface area contributed by atoms with E-state index in [9.17, 15) is 35.9 Å². The number of rotatable bonds is 7. The van der Waals surface area contributed by atoms with Crippen molar-refractivity contribution in [2.45, 2.75) is 44.7 Å². The summed E-state index contributed by atoms with van der Waals surface area (Å²) in [4.78, 5) is 35.6. The van der Waals surface area contributed by atoms with Gasteiger partial charge in [0.1, 0.15) is 5.39 Å². The smallest absolute Gasteiger partial charge is 0.379 e. The van der Waals surface area contributed by atoms with E-state index in [0.717, 1.165) is 23.3 Å². The molecule has 1 saturated heterocycles. The molecule has 17 heteroatoms. The molecule has 0 atom stereocenters. The third-order valence-corrected chi connectivity index (χ3v) is 6.21. The van der Waals surface area contributed by atoms with E-state index in [1.54, 1.807) is 9.80 Å². The highest BCUT2D eigenvalue weighted by Gasteiger charge is 2.39. The fraction of sp³-hybridized carbons (Fsp3) is 0.545. The number of anilines is 1. The van der Waals surface area contributed by atoms with Crippen LogP contribution in [0.5, 0.6) is 0 Å². The van der Waals surface area contributed by atoms with Crippen LogP contribution >= 0.6 is 0 Å². The largest absolute Gasteiger partial charge is 0.435 e. The minimum atomic E-state index is -4.83. The van der Waals surface area contributed by atoms with Gasteiger partial charge >= 0.3 is 12.4 Å². The number of nitrogens with zero attached hydrogens (tertiary/aromatic N) is 7. The Morgan fingerprint density at radius 3 is 2.36 bits per heavy atom. The van der Waals surface area contributed by atoms with Gasteiger partial charge in [0.15, 0.2) is 5.69 Å². The van der Waals surface area contributed by atoms with Crippen molar-refractivity contribution in [1.29, 1.82) is 0 Å². The number of amides is 1. The summed E-state index contributed by atoms with van der Waals surface area (Å²) in [5, 5.41) is 8.37. The van der Waals surface area contributed by atoms with Crippen LogP contribution in [0.3, 0.4) is 0 Å². The van der Waals surface area contributed by atoms with Crippen LogP contribution in [0.2, 0.25) is 0 Å². The highest BCUT2D eigenvalue weighted by molar-refractivity contribution is 5.80. The molecule has 0 aliphatic carbocycles. The Morgan fingerprint density at radius 1 is 1.05 bits per heavy atom. The number of hydrogen-bond acceptors (Lipinski definition) is 8. The van der Waals surface area contributed by atoms with Crippen LogP contribution in [-0.2, 0) is 28.4 Å². The maximum atomic E-state index is 13.3. The first kappa shape index (κ1) is 28.3. The van der Waals surface area contributed by atoms with Gasteiger partial charge in [-0.15, -0.1) is 0 Å². The summed E-state index contributed by atoms with van der Waals surface area (Å²) < 4.78 is 84.7. The highest BCUT2D eigenvalue weighted by atomic mass is 19.4. The SMILES string of the molecule is CC1(C)CN(C(=O)CCOCCn2nc(C(F)(F)F)c3c(=O)[nH]ncc32)CCN1c1ncc(C(F)(F)F)cn1. The normalized spacial score (nSPS) is 16.2. The number of nitrogens with one attached hydrogen (secondary N) is 1. The standard InChI is InChI=1S/C22H24F6N8O3/c1-20(2)12-34(4-5-35(20)19-29-9-13(10-30-19)21(23,24)25)15(37)3-7-39-8-6-36-14-11-31-32-18(38)16(14)17(33-36)22(26,27)28/h9-11H,3-8,12H2,1-2H3,(H,32,38). The van der Waals surface area contributed by atoms with E-state index in [2.05, 4.69) is 20.2 Å². The van der Waals surface area contributed by atoms with Crippen molar-refractivity contribution in [1.82, 2.24) is 34.8 Å². The molecule has 0 bridgehead atoms. The number of hydrogen-bond donors (Lipinski definition) is 1. The van der Waals surface area contributed by atoms with E-state index >= 15 is 0 Å². The lowest BCUT2D eigenvalue weighted by molar-refractivity contribution is -0.140. The van der Waals surface area contributed by atoms with Crippen molar-refractivity contribution in [3.63, 3.8) is 0 Å². The van der Waals surface area contributed by atoms with Gasteiger partial charge in [0.05, 0.1) is 49.0 Å². The second-order valence-electron chi connectivity index (χ2n) is 9.44. The number of aromatic amines is 1. The molecule has 4 rings (SSSR count). The van der Waals surface area contributed by atoms with Crippen LogP contribution in [0.4, 0.5) is 32.3 Å². The first-order chi connectivity index (χ1) is 18.2. The lowest BCUT2D eigenvalue weighted by Crippen LogP contribution is -2.61. The molecule has 11 nitrogen and oxygen atoms in total. The van der Waals surface area contributed by atoms with E-state index in [1.165, 1.54) is 0 Å². The minimum Gasteiger partial charge on any atom is -0.379 e. The van der Waals surface area contributed by atoms with Gasteiger partial charge in [0.25, 0.3) is 5.56 Å². The number of carbonyl (C=O) groups is 1. The third-order valence-electron chi connectivity index (χ3n) is 6.21. The number of fused-ring (bicyclic) bond motifs is 1. The monoisotopic (exact) mass is 562 g/mol. The van der Waals surface area contributed by atoms with Gasteiger partial charge in [-0.05, 0) is 13.8 Å². The van der Waals surface area contributed by atoms with Crippen molar-refractivity contribution >= 4 is 22.8 Å². The van der Waals surface area contributed by atoms with Gasteiger partial charge in [-0.1, -0.05) is 0 Å². The Morgan fingerprint density at radius 2 is 1.74 bits per heavy atom. The Kier molecular flexibility index (Phi) is 7.55. The number of piperazine rings is 1. The van der Waals surface area contributed by atoms with E-state index in [-0.39, 0.29) is 56.6 Å². The van der Waals surface area contributed by atoms with Crippen LogP contribution in [0.25, 0.3) is 10.9 Å². The van der Waals surface area contributed by atoms with Crippen molar-refractivity contribution in [3.05, 3.63) is 40.2 Å². The van der Waals surface area contributed by atoms with Gasteiger partial charge in [-0.2, -0.15) is 36.5 Å². The lowest BCUT2D eigenvalue weighted by atomic mass is 9.99. The lowest BCUT2D eigenvalue weighted by Gasteiger charge is -2.47. The molecule has 1 amide bonds. The average molecular weight is 562 g/mol. The first-order valence-electron chi connectivity index (χ1n) is 11.7. The van der Waals surface area contributed by atoms with Gasteiger partial charge in [-0.25, -0.2) is 15.1 Å². The van der Waals surface area contributed by atoms with Gasteiger partial charge < -0.3 is 14.5 Å². The quantitative estimate of drug-likeness (QED) is 0.345. The topological polar surface area (TPSA) is 122 Å². The molecule has 1 aliphatic rings. The van der Waals surface area contributed by atoms with E-state index in [1.807, 2.05) is 18.9 Å². The van der Waals surface area contributed by atoms with Gasteiger partial charge in [-0.3, -0.25) is 14.3 Å². The van der Waals surface area contributed by atoms with Crippen molar-refractivity contribution in [2.24, 2.45) is 0 Å². The molecule has 39 heavy (non-hydrogen) atoms. The zero-order chi connectivity index (χ0) is 28.6. The fourth-order valence-corrected chi connectivity index (χ4v) is 4.32. The molecule has 1 fully saturated rings. The van der Waals surface area contributed by atoms with Gasteiger partial charge in [0.2, 0.25) is 11.9 Å². The predicted molar refractivity (Wildman–Crippen MR) is 124 cm³/mol. The Bertz CT molecular complexity index is 1380. The Balaban J connectivity index is 1.29. The number of aromatic nitrogens is 6. The van der Waals surface area contributed by atoms with Gasteiger partial charge in [0, 0.05) is 32.0 Å². The van der Waals surface area contributed by atoms with E-state index in [4.69, 9.17) is 4.74 Å². The third kappa shape index (κ3) is 6.12. The summed E-state index contributed by atoms with van der Waals surface area (Å²) in [5.74, 6) is -0.101. The van der Waals surface area contributed by atoms with Crippen molar-refractivity contribution < 1.29 is 35.9 Å². The summed E-state index contributed by atoms with van der Waals surface area (Å²) in [6.45, 7) is 4.28. The Labute approximate surface area is 216 Å². The average Bonchev–Trinajstić information content (AvgIpc) is 3.23.